The topological polar surface area (TPSA) is 83.0 Å². The van der Waals surface area contributed by atoms with Crippen LogP contribution in [-0.2, 0) is 4.74 Å². The number of piperazine rings is 1. The largest absolute Gasteiger partial charge is 0.508 e. The third-order valence-electron chi connectivity index (χ3n) is 11.5. The number of fused-ring (bicyclic) bond motifs is 6. The summed E-state index contributed by atoms with van der Waals surface area (Å²) >= 11 is 0. The number of ether oxygens (including phenoxy) is 2. The molecule has 1 saturated carbocycles. The third kappa shape index (κ3) is 5.29. The molecule has 49 heavy (non-hydrogen) atoms. The van der Waals surface area contributed by atoms with Crippen LogP contribution in [0, 0.1) is 29.4 Å². The molecule has 4 aromatic rings. The van der Waals surface area contributed by atoms with Crippen LogP contribution in [0.25, 0.3) is 32.8 Å². The second kappa shape index (κ2) is 11.5. The van der Waals surface area contributed by atoms with Crippen LogP contribution in [0.1, 0.15) is 63.0 Å². The van der Waals surface area contributed by atoms with Crippen molar-refractivity contribution < 1.29 is 23.4 Å². The van der Waals surface area contributed by atoms with Gasteiger partial charge in [-0.3, -0.25) is 4.90 Å². The molecule has 1 aromatic heterocycles. The number of anilines is 1. The molecular formula is C39H41F2N5O3. The Morgan fingerprint density at radius 1 is 1.12 bits per heavy atom. The number of phenols is 1. The van der Waals surface area contributed by atoms with Gasteiger partial charge in [0.15, 0.2) is 5.82 Å². The summed E-state index contributed by atoms with van der Waals surface area (Å²) in [6.45, 7) is 8.68. The molecule has 1 aliphatic carbocycles. The minimum absolute atomic E-state index is 0.0258. The Balaban J connectivity index is 1.18. The number of nitrogens with one attached hydrogen (secondary N) is 1. The lowest BCUT2D eigenvalue weighted by molar-refractivity contribution is 0.0176. The number of hydrogen-bond donors (Lipinski definition) is 2. The average molecular weight is 666 g/mol. The first kappa shape index (κ1) is 31.0. The number of terminal acetylenes is 1. The maximum Gasteiger partial charge on any atom is 0.319 e. The van der Waals surface area contributed by atoms with Gasteiger partial charge in [0.1, 0.15) is 22.9 Å². The van der Waals surface area contributed by atoms with Gasteiger partial charge in [-0.25, -0.2) is 8.78 Å². The number of halogens is 2. The third-order valence-corrected chi connectivity index (χ3v) is 11.5. The highest BCUT2D eigenvalue weighted by molar-refractivity contribution is 6.05. The summed E-state index contributed by atoms with van der Waals surface area (Å²) in [5, 5.41) is 16.0. The van der Waals surface area contributed by atoms with Gasteiger partial charge in [-0.05, 0) is 78.8 Å². The van der Waals surface area contributed by atoms with E-state index < -0.39 is 11.6 Å². The minimum atomic E-state index is -0.578. The number of nitrogens with zero attached hydrogens (tertiary/aromatic N) is 4. The van der Waals surface area contributed by atoms with Crippen LogP contribution in [0.15, 0.2) is 30.3 Å². The van der Waals surface area contributed by atoms with Gasteiger partial charge in [-0.2, -0.15) is 9.97 Å². The van der Waals surface area contributed by atoms with Gasteiger partial charge in [0.25, 0.3) is 0 Å². The zero-order valence-corrected chi connectivity index (χ0v) is 27.9. The number of aromatic nitrogens is 2. The van der Waals surface area contributed by atoms with E-state index in [1.54, 1.807) is 6.07 Å². The Hall–Kier alpha value is -4.04. The number of benzene rings is 3. The molecule has 3 aromatic carbocycles. The molecule has 8 nitrogen and oxygen atoms in total. The first-order valence-electron chi connectivity index (χ1n) is 17.6. The highest BCUT2D eigenvalue weighted by Crippen LogP contribution is 2.49. The van der Waals surface area contributed by atoms with Crippen LogP contribution in [-0.4, -0.2) is 83.6 Å². The van der Waals surface area contributed by atoms with Crippen LogP contribution >= 0.6 is 0 Å². The minimum Gasteiger partial charge on any atom is -0.508 e. The van der Waals surface area contributed by atoms with Crippen LogP contribution in [0.5, 0.6) is 11.8 Å². The fourth-order valence-electron chi connectivity index (χ4n) is 8.82. The maximum absolute atomic E-state index is 17.5. The van der Waals surface area contributed by atoms with E-state index in [-0.39, 0.29) is 39.7 Å². The highest BCUT2D eigenvalue weighted by Gasteiger charge is 2.49. The van der Waals surface area contributed by atoms with Gasteiger partial charge in [0.2, 0.25) is 0 Å². The summed E-state index contributed by atoms with van der Waals surface area (Å²) in [6.07, 6.45) is 11.6. The Morgan fingerprint density at radius 3 is 2.59 bits per heavy atom. The molecule has 5 heterocycles. The van der Waals surface area contributed by atoms with Gasteiger partial charge < -0.3 is 24.8 Å². The molecule has 0 radical (unpaired) electrons. The van der Waals surface area contributed by atoms with Gasteiger partial charge in [-0.1, -0.05) is 25.8 Å². The van der Waals surface area contributed by atoms with Crippen molar-refractivity contribution in [2.24, 2.45) is 5.41 Å². The predicted octanol–water partition coefficient (Wildman–Crippen LogP) is 6.11. The quantitative estimate of drug-likeness (QED) is 0.218. The fraction of sp³-hybridized carbons (Fsp3) is 0.487. The number of phenolic OH excluding ortho intramolecular Hbond substituents is 1. The number of morpholine rings is 1. The van der Waals surface area contributed by atoms with E-state index in [0.717, 1.165) is 64.9 Å². The average Bonchev–Trinajstić information content (AvgIpc) is 3.34. The number of rotatable bonds is 8. The van der Waals surface area contributed by atoms with Crippen LogP contribution in [0.2, 0.25) is 0 Å². The number of hydrogen-bond acceptors (Lipinski definition) is 8. The lowest BCUT2D eigenvalue weighted by Gasteiger charge is -2.34. The van der Waals surface area contributed by atoms with Crippen molar-refractivity contribution in [2.75, 3.05) is 44.3 Å². The molecule has 9 rings (SSSR count). The predicted molar refractivity (Wildman–Crippen MR) is 185 cm³/mol. The molecule has 4 bridgehead atoms. The lowest BCUT2D eigenvalue weighted by atomic mass is 9.86. The van der Waals surface area contributed by atoms with E-state index >= 15 is 8.78 Å². The Bertz CT molecular complexity index is 2030. The zero-order valence-electron chi connectivity index (χ0n) is 27.9. The molecule has 0 spiro atoms. The van der Waals surface area contributed by atoms with Crippen molar-refractivity contribution in [3.05, 3.63) is 53.1 Å². The smallest absolute Gasteiger partial charge is 0.319 e. The number of likely N-dealkylation sites (tertiary alicyclic amines) is 1. The molecule has 0 amide bonds. The van der Waals surface area contributed by atoms with Gasteiger partial charge in [0, 0.05) is 66.1 Å². The zero-order chi connectivity index (χ0) is 33.6. The molecule has 4 atom stereocenters. The molecule has 4 saturated heterocycles. The van der Waals surface area contributed by atoms with E-state index in [9.17, 15) is 5.11 Å². The second-order valence-electron chi connectivity index (χ2n) is 15.3. The van der Waals surface area contributed by atoms with E-state index in [1.165, 1.54) is 18.2 Å². The molecule has 2 unspecified atom stereocenters. The Kier molecular flexibility index (Phi) is 7.28. The second-order valence-corrected chi connectivity index (χ2v) is 15.3. The highest BCUT2D eigenvalue weighted by atomic mass is 19.1. The first-order chi connectivity index (χ1) is 23.7. The molecule has 254 valence electrons. The van der Waals surface area contributed by atoms with Crippen LogP contribution in [0.3, 0.4) is 0 Å². The number of aromatic hydroxyl groups is 1. The van der Waals surface area contributed by atoms with E-state index in [2.05, 4.69) is 21.0 Å². The van der Waals surface area contributed by atoms with Crippen LogP contribution < -0.4 is 15.0 Å². The molecule has 5 aliphatic rings. The molecule has 10 heteroatoms. The van der Waals surface area contributed by atoms with Gasteiger partial charge >= 0.3 is 6.01 Å². The normalized spacial score (nSPS) is 25.5. The van der Waals surface area contributed by atoms with Gasteiger partial charge in [-0.15, -0.1) is 6.42 Å². The maximum atomic E-state index is 17.5. The van der Waals surface area contributed by atoms with Crippen LogP contribution in [0.4, 0.5) is 14.6 Å². The molecule has 5 fully saturated rings. The van der Waals surface area contributed by atoms with Crippen molar-refractivity contribution >= 4 is 27.5 Å². The van der Waals surface area contributed by atoms with Crippen molar-refractivity contribution in [1.82, 2.24) is 20.2 Å². The van der Waals surface area contributed by atoms with Crippen molar-refractivity contribution in [3.63, 3.8) is 0 Å². The lowest BCUT2D eigenvalue weighted by Crippen LogP contribution is -2.51. The summed E-state index contributed by atoms with van der Waals surface area (Å²) in [6, 6.07) is 9.11. The summed E-state index contributed by atoms with van der Waals surface area (Å²) in [5.74, 6) is 1.80. The Morgan fingerprint density at radius 2 is 1.92 bits per heavy atom. The monoisotopic (exact) mass is 665 g/mol. The van der Waals surface area contributed by atoms with E-state index in [1.807, 2.05) is 19.9 Å². The standard InChI is InChI=1S/C39H41F2N5O3/c1-4-28-32(40)8-5-22-11-26(47)13-30(33(22)28)34-29(21(2)3)14-31-36(35(34)41)43-38(44-37(31)45-15-23-6-7-24(16-45)42-23)49-20-39(9-10-39)19-46-17-27-12-25(46)18-48-27/h1,5,8,11,13-14,21,23-25,27,42,47H,6-7,9-10,12,15-20H2,2-3H3/t23?,24?,25-,27-/m1/s1. The first-order valence-corrected chi connectivity index (χ1v) is 17.6. The molecular weight excluding hydrogens is 624 g/mol. The Labute approximate surface area is 284 Å². The van der Waals surface area contributed by atoms with Crippen molar-refractivity contribution in [2.45, 2.75) is 76.1 Å². The van der Waals surface area contributed by atoms with E-state index in [4.69, 9.17) is 25.9 Å². The van der Waals surface area contributed by atoms with Crippen molar-refractivity contribution in [3.8, 4) is 35.2 Å². The van der Waals surface area contributed by atoms with Gasteiger partial charge in [0.05, 0.1) is 24.9 Å². The summed E-state index contributed by atoms with van der Waals surface area (Å²) < 4.78 is 44.9. The van der Waals surface area contributed by atoms with E-state index in [0.29, 0.717) is 63.9 Å². The summed E-state index contributed by atoms with van der Waals surface area (Å²) in [5.41, 5.74) is 1.46. The summed E-state index contributed by atoms with van der Waals surface area (Å²) in [4.78, 5) is 14.6. The fourth-order valence-corrected chi connectivity index (χ4v) is 8.82. The summed E-state index contributed by atoms with van der Waals surface area (Å²) in [7, 11) is 0. The van der Waals surface area contributed by atoms with Crippen molar-refractivity contribution in [1.29, 1.82) is 0 Å². The SMILES string of the molecule is C#Cc1c(F)ccc2cc(O)cc(-c3c(C(C)C)cc4c(N5CC6CCC(C5)N6)nc(OCC5(CN6C[C@H]7C[C@@H]6CO7)CC5)nc4c3F)c12. The molecule has 2 N–H and O–H groups in total. The molecule has 4 aliphatic heterocycles.